The van der Waals surface area contributed by atoms with Crippen LogP contribution in [-0.4, -0.2) is 5.97 Å². The third-order valence-electron chi connectivity index (χ3n) is 1.53. The van der Waals surface area contributed by atoms with Crippen LogP contribution in [0.1, 0.15) is 13.3 Å². The largest absolute Gasteiger partial charge is 0.426 e. The molecule has 0 heterocycles. The number of ether oxygens (including phenoxy) is 1. The van der Waals surface area contributed by atoms with E-state index in [0.717, 1.165) is 3.94 Å². The first-order valence-electron chi connectivity index (χ1n) is 4.06. The maximum Gasteiger partial charge on any atom is 0.310 e. The molecule has 1 aromatic carbocycles. The van der Waals surface area contributed by atoms with Crippen LogP contribution in [0.3, 0.4) is 0 Å². The molecule has 76 valence electrons. The Morgan fingerprint density at radius 3 is 2.79 bits per heavy atom. The van der Waals surface area contributed by atoms with Gasteiger partial charge in [0.25, 0.3) is 0 Å². The van der Waals surface area contributed by atoms with E-state index in [1.165, 1.54) is 0 Å². The van der Waals surface area contributed by atoms with Crippen LogP contribution in [-0.2, 0) is 4.79 Å². The quantitative estimate of drug-likeness (QED) is 0.457. The van der Waals surface area contributed by atoms with Gasteiger partial charge in [0.2, 0.25) is 0 Å². The average Bonchev–Trinajstić information content (AvgIpc) is 2.18. The van der Waals surface area contributed by atoms with Gasteiger partial charge < -0.3 is 4.74 Å². The number of benzene rings is 1. The Bertz CT molecular complexity index is 328. The molecule has 3 nitrogen and oxygen atoms in total. The number of hydrogen-bond donors (Lipinski definition) is 0. The molecule has 0 aromatic heterocycles. The lowest BCUT2D eigenvalue weighted by Gasteiger charge is -2.07. The van der Waals surface area contributed by atoms with Crippen LogP contribution in [0.5, 0.6) is 5.75 Å². The number of anilines is 1. The normalized spacial score (nSPS) is 9.64. The Morgan fingerprint density at radius 1 is 1.50 bits per heavy atom. The second-order valence-corrected chi connectivity index (χ2v) is 3.41. The topological polar surface area (TPSA) is 29.5 Å². The Kier molecular flexibility index (Phi) is 4.04. The number of halogens is 2. The zero-order valence-electron chi connectivity index (χ0n) is 7.54. The summed E-state index contributed by atoms with van der Waals surface area (Å²) in [5.41, 5.74) is 0.551. The Balaban J connectivity index is 2.78. The first kappa shape index (κ1) is 11.1. The molecule has 0 unspecified atom stereocenters. The average molecular weight is 234 g/mol. The van der Waals surface area contributed by atoms with Crippen LogP contribution >= 0.6 is 23.6 Å². The van der Waals surface area contributed by atoms with Gasteiger partial charge in [-0.25, -0.2) is 0 Å². The highest BCUT2D eigenvalue weighted by Gasteiger charge is 2.04. The van der Waals surface area contributed by atoms with Gasteiger partial charge >= 0.3 is 5.97 Å². The van der Waals surface area contributed by atoms with Crippen LogP contribution in [0.25, 0.3) is 0 Å². The molecule has 0 N–H and O–H groups in total. The molecule has 1 aromatic rings. The Hall–Kier alpha value is -0.930. The lowest BCUT2D eigenvalue weighted by Crippen LogP contribution is -2.05. The summed E-state index contributed by atoms with van der Waals surface area (Å²) in [6.45, 7) is 1.72. The van der Waals surface area contributed by atoms with Gasteiger partial charge in [0.05, 0.1) is 5.69 Å². The minimum absolute atomic E-state index is 0.294. The lowest BCUT2D eigenvalue weighted by molar-refractivity contribution is -0.134. The van der Waals surface area contributed by atoms with Crippen molar-refractivity contribution in [2.45, 2.75) is 13.3 Å². The molecule has 0 fully saturated rings. The van der Waals surface area contributed by atoms with Crippen molar-refractivity contribution < 1.29 is 9.53 Å². The lowest BCUT2D eigenvalue weighted by atomic mass is 10.3. The van der Waals surface area contributed by atoms with Gasteiger partial charge in [0, 0.05) is 36.0 Å². The van der Waals surface area contributed by atoms with Gasteiger partial charge in [-0.1, -0.05) is 13.0 Å². The summed E-state index contributed by atoms with van der Waals surface area (Å²) >= 11 is 11.0. The van der Waals surface area contributed by atoms with Crippen LogP contribution in [0, 0.1) is 0 Å². The molecular formula is C9H9Cl2NO2. The van der Waals surface area contributed by atoms with Crippen molar-refractivity contribution in [3.05, 3.63) is 24.3 Å². The van der Waals surface area contributed by atoms with Crippen molar-refractivity contribution in [1.29, 1.82) is 0 Å². The van der Waals surface area contributed by atoms with E-state index in [1.807, 2.05) is 0 Å². The summed E-state index contributed by atoms with van der Waals surface area (Å²) in [7, 11) is 0. The van der Waals surface area contributed by atoms with Gasteiger partial charge in [0.1, 0.15) is 5.75 Å². The summed E-state index contributed by atoms with van der Waals surface area (Å²) in [4.78, 5) is 11.0. The third kappa shape index (κ3) is 3.09. The molecule has 0 radical (unpaired) electrons. The first-order chi connectivity index (χ1) is 6.63. The highest BCUT2D eigenvalue weighted by atomic mass is 35.5. The summed E-state index contributed by atoms with van der Waals surface area (Å²) in [5.74, 6) is 0.137. The highest BCUT2D eigenvalue weighted by molar-refractivity contribution is 6.49. The van der Waals surface area contributed by atoms with Crippen LogP contribution in [0.15, 0.2) is 24.3 Å². The summed E-state index contributed by atoms with van der Waals surface area (Å²) in [6.07, 6.45) is 0.329. The number of carbonyl (C=O) groups is 1. The smallest absolute Gasteiger partial charge is 0.310 e. The van der Waals surface area contributed by atoms with Gasteiger partial charge in [-0.15, -0.1) is 0 Å². The zero-order valence-corrected chi connectivity index (χ0v) is 9.05. The molecule has 0 aliphatic carbocycles. The van der Waals surface area contributed by atoms with E-state index < -0.39 is 0 Å². The Morgan fingerprint density at radius 2 is 2.21 bits per heavy atom. The number of esters is 1. The summed E-state index contributed by atoms with van der Waals surface area (Å²) in [6, 6.07) is 6.64. The molecule has 0 saturated heterocycles. The summed E-state index contributed by atoms with van der Waals surface area (Å²) in [5, 5.41) is 0. The SMILES string of the molecule is CCC(=O)Oc1cccc(N(Cl)Cl)c1. The fourth-order valence-electron chi connectivity index (χ4n) is 0.856. The number of carbonyl (C=O) groups excluding carboxylic acids is 1. The molecular weight excluding hydrogens is 225 g/mol. The molecule has 0 bridgehead atoms. The van der Waals surface area contributed by atoms with Crippen molar-refractivity contribution in [1.82, 2.24) is 0 Å². The van der Waals surface area contributed by atoms with E-state index >= 15 is 0 Å². The van der Waals surface area contributed by atoms with Gasteiger partial charge in [-0.2, -0.15) is 3.94 Å². The maximum absolute atomic E-state index is 11.0. The minimum atomic E-state index is -0.294. The zero-order chi connectivity index (χ0) is 10.6. The van der Waals surface area contributed by atoms with E-state index in [4.69, 9.17) is 28.3 Å². The third-order valence-corrected chi connectivity index (χ3v) is 1.92. The fraction of sp³-hybridized carbons (Fsp3) is 0.222. The number of nitrogens with zero attached hydrogens (tertiary/aromatic N) is 1. The fourth-order valence-corrected chi connectivity index (χ4v) is 1.07. The predicted molar refractivity (Wildman–Crippen MR) is 56.6 cm³/mol. The van der Waals surface area contributed by atoms with Gasteiger partial charge in [0.15, 0.2) is 0 Å². The molecule has 0 aliphatic rings. The molecule has 0 spiro atoms. The van der Waals surface area contributed by atoms with Crippen LogP contribution < -0.4 is 8.67 Å². The second kappa shape index (κ2) is 5.08. The molecule has 0 amide bonds. The monoisotopic (exact) mass is 233 g/mol. The van der Waals surface area contributed by atoms with Crippen molar-refractivity contribution in [3.63, 3.8) is 0 Å². The van der Waals surface area contributed by atoms with Crippen molar-refractivity contribution in [2.24, 2.45) is 0 Å². The number of hydrogen-bond acceptors (Lipinski definition) is 3. The molecule has 0 saturated carbocycles. The van der Waals surface area contributed by atoms with E-state index in [9.17, 15) is 4.79 Å². The second-order valence-electron chi connectivity index (χ2n) is 2.56. The first-order valence-corrected chi connectivity index (χ1v) is 4.73. The van der Waals surface area contributed by atoms with E-state index in [-0.39, 0.29) is 5.97 Å². The van der Waals surface area contributed by atoms with E-state index in [0.29, 0.717) is 17.9 Å². The van der Waals surface area contributed by atoms with Gasteiger partial charge in [-0.3, -0.25) is 4.79 Å². The van der Waals surface area contributed by atoms with Crippen molar-refractivity contribution in [3.8, 4) is 5.75 Å². The highest BCUT2D eigenvalue weighted by Crippen LogP contribution is 2.24. The molecule has 5 heteroatoms. The minimum Gasteiger partial charge on any atom is -0.426 e. The van der Waals surface area contributed by atoms with Gasteiger partial charge in [-0.05, 0) is 12.1 Å². The maximum atomic E-state index is 11.0. The molecule has 1 rings (SSSR count). The van der Waals surface area contributed by atoms with E-state index in [2.05, 4.69) is 0 Å². The molecule has 14 heavy (non-hydrogen) atoms. The number of rotatable bonds is 3. The van der Waals surface area contributed by atoms with E-state index in [1.54, 1.807) is 31.2 Å². The van der Waals surface area contributed by atoms with Crippen LogP contribution in [0.4, 0.5) is 5.69 Å². The van der Waals surface area contributed by atoms with Crippen LogP contribution in [0.2, 0.25) is 0 Å². The van der Waals surface area contributed by atoms with Crippen molar-refractivity contribution >= 4 is 35.2 Å². The summed E-state index contributed by atoms with van der Waals surface area (Å²) < 4.78 is 5.88. The Labute approximate surface area is 92.4 Å². The molecule has 0 aliphatic heterocycles. The molecule has 0 atom stereocenters. The van der Waals surface area contributed by atoms with Crippen molar-refractivity contribution in [2.75, 3.05) is 3.94 Å². The predicted octanol–water partition coefficient (Wildman–Crippen LogP) is 3.12. The standard InChI is InChI=1S/C9H9Cl2NO2/c1-2-9(13)14-8-5-3-4-7(6-8)12(10)11/h3-6H,2H2,1H3.